The number of hydrogen-bond acceptors (Lipinski definition) is 2. The first kappa shape index (κ1) is 24.1. The molecule has 2 N–H and O–H groups in total. The van der Waals surface area contributed by atoms with Crippen molar-refractivity contribution >= 4 is 58.3 Å². The zero-order valence-electron chi connectivity index (χ0n) is 13.7. The zero-order chi connectivity index (χ0) is 18.6. The number of hydrogen-bond donors (Lipinski definition) is 2. The normalized spacial score (nSPS) is 12.3. The van der Waals surface area contributed by atoms with Gasteiger partial charge in [0.15, 0.2) is 0 Å². The molecule has 0 radical (unpaired) electrons. The Morgan fingerprint density at radius 2 is 0.750 bits per heavy atom. The fourth-order valence-corrected chi connectivity index (χ4v) is 2.86. The van der Waals surface area contributed by atoms with Crippen molar-refractivity contribution in [2.45, 2.75) is 85.7 Å². The van der Waals surface area contributed by atoms with Crippen molar-refractivity contribution in [3.05, 3.63) is 0 Å². The van der Waals surface area contributed by atoms with E-state index in [1.165, 1.54) is 0 Å². The summed E-state index contributed by atoms with van der Waals surface area (Å²) in [4.78, 5) is 21.4. The monoisotopic (exact) mass is 422 g/mol. The molecule has 0 saturated heterocycles. The smallest absolute Gasteiger partial charge is 0.340 e. The molecular weight excluding hydrogens is 398 g/mol. The van der Waals surface area contributed by atoms with Crippen molar-refractivity contribution in [1.29, 1.82) is 0 Å². The summed E-state index contributed by atoms with van der Waals surface area (Å²) in [7, 11) is 0. The molecule has 24 heavy (non-hydrogen) atoms. The van der Waals surface area contributed by atoms with Crippen molar-refractivity contribution in [1.82, 2.24) is 0 Å². The highest BCUT2D eigenvalue weighted by Gasteiger charge is 2.33. The Hall–Kier alpha value is 0.1000. The minimum absolute atomic E-state index is 0.268. The molecule has 0 unspecified atom stereocenters. The van der Waals surface area contributed by atoms with Gasteiger partial charge in [0.25, 0.3) is 0 Å². The van der Waals surface area contributed by atoms with Gasteiger partial charge in [0.1, 0.15) is 0 Å². The lowest BCUT2D eigenvalue weighted by molar-refractivity contribution is -0.138. The second kappa shape index (κ2) is 12.5. The van der Waals surface area contributed by atoms with Gasteiger partial charge in [-0.3, -0.25) is 0 Å². The standard InChI is InChI=1S/C16H26Cl4O4/c17-15(18,13(21)22)11-9-7-5-3-1-2-4-6-8-10-12-16(19,20)14(23)24/h1-12H2,(H,21,22)(H,23,24). The van der Waals surface area contributed by atoms with Crippen LogP contribution in [0.4, 0.5) is 0 Å². The van der Waals surface area contributed by atoms with Crippen LogP contribution in [0.3, 0.4) is 0 Å². The van der Waals surface area contributed by atoms with Crippen LogP contribution in [0.25, 0.3) is 0 Å². The number of halogens is 4. The first-order valence-electron chi connectivity index (χ1n) is 8.32. The van der Waals surface area contributed by atoms with E-state index in [2.05, 4.69) is 0 Å². The summed E-state index contributed by atoms with van der Waals surface area (Å²) in [5.74, 6) is -2.37. The fourth-order valence-electron chi connectivity index (χ4n) is 2.32. The molecule has 0 amide bonds. The molecule has 0 aromatic rings. The van der Waals surface area contributed by atoms with Gasteiger partial charge in [-0.05, 0) is 25.7 Å². The fraction of sp³-hybridized carbons (Fsp3) is 0.875. The van der Waals surface area contributed by atoms with E-state index >= 15 is 0 Å². The lowest BCUT2D eigenvalue weighted by Gasteiger charge is -2.13. The minimum Gasteiger partial charge on any atom is -0.479 e. The van der Waals surface area contributed by atoms with Gasteiger partial charge >= 0.3 is 11.9 Å². The van der Waals surface area contributed by atoms with Crippen molar-refractivity contribution in [2.24, 2.45) is 0 Å². The Kier molecular flexibility index (Phi) is 12.5. The molecule has 0 rings (SSSR count). The molecule has 0 aromatic carbocycles. The maximum Gasteiger partial charge on any atom is 0.340 e. The number of carboxylic acids is 2. The summed E-state index contributed by atoms with van der Waals surface area (Å²) in [6, 6.07) is 0. The molecule has 0 spiro atoms. The van der Waals surface area contributed by atoms with Crippen molar-refractivity contribution in [2.75, 3.05) is 0 Å². The molecule has 0 aliphatic carbocycles. The summed E-state index contributed by atoms with van der Waals surface area (Å²) in [6.45, 7) is 0. The van der Waals surface area contributed by atoms with Gasteiger partial charge in [0.05, 0.1) is 0 Å². The molecule has 4 nitrogen and oxygen atoms in total. The lowest BCUT2D eigenvalue weighted by atomic mass is 10.0. The average molecular weight is 424 g/mol. The van der Waals surface area contributed by atoms with E-state index in [1.54, 1.807) is 0 Å². The Morgan fingerprint density at radius 3 is 0.958 bits per heavy atom. The highest BCUT2D eigenvalue weighted by Crippen LogP contribution is 2.29. The van der Waals surface area contributed by atoms with Crippen LogP contribution in [-0.4, -0.2) is 30.8 Å². The van der Waals surface area contributed by atoms with Crippen LogP contribution in [-0.2, 0) is 9.59 Å². The predicted molar refractivity (Wildman–Crippen MR) is 99.5 cm³/mol. The number of unbranched alkanes of at least 4 members (excludes halogenated alkanes) is 9. The van der Waals surface area contributed by atoms with Crippen LogP contribution in [0.5, 0.6) is 0 Å². The first-order chi connectivity index (χ1) is 11.1. The third kappa shape index (κ3) is 11.6. The van der Waals surface area contributed by atoms with Gasteiger partial charge in [0, 0.05) is 0 Å². The second-order valence-electron chi connectivity index (χ2n) is 6.05. The van der Waals surface area contributed by atoms with E-state index in [9.17, 15) is 9.59 Å². The van der Waals surface area contributed by atoms with E-state index in [1.807, 2.05) is 0 Å². The van der Waals surface area contributed by atoms with Crippen LogP contribution in [0.15, 0.2) is 0 Å². The van der Waals surface area contributed by atoms with E-state index in [0.717, 1.165) is 51.4 Å². The minimum atomic E-state index is -1.66. The topological polar surface area (TPSA) is 74.6 Å². The van der Waals surface area contributed by atoms with Gasteiger partial charge in [-0.15, -0.1) is 0 Å². The summed E-state index contributed by atoms with van der Waals surface area (Å²) >= 11 is 22.6. The summed E-state index contributed by atoms with van der Waals surface area (Å²) < 4.78 is -3.32. The Labute approximate surface area is 163 Å². The third-order valence-corrected chi connectivity index (χ3v) is 5.26. The van der Waals surface area contributed by atoms with Crippen LogP contribution in [0, 0.1) is 0 Å². The van der Waals surface area contributed by atoms with Gasteiger partial charge in [0.2, 0.25) is 8.67 Å². The van der Waals surface area contributed by atoms with Crippen LogP contribution in [0.2, 0.25) is 0 Å². The van der Waals surface area contributed by atoms with Crippen molar-refractivity contribution in [3.8, 4) is 0 Å². The molecule has 0 bridgehead atoms. The van der Waals surface area contributed by atoms with Crippen molar-refractivity contribution < 1.29 is 19.8 Å². The van der Waals surface area contributed by atoms with Crippen LogP contribution in [0.1, 0.15) is 77.0 Å². The number of alkyl halides is 4. The van der Waals surface area contributed by atoms with Crippen molar-refractivity contribution in [3.63, 3.8) is 0 Å². The highest BCUT2D eigenvalue weighted by molar-refractivity contribution is 6.57. The predicted octanol–water partition coefficient (Wildman–Crippen LogP) is 6.18. The maximum atomic E-state index is 10.7. The largest absolute Gasteiger partial charge is 0.479 e. The van der Waals surface area contributed by atoms with E-state index in [-0.39, 0.29) is 12.8 Å². The van der Waals surface area contributed by atoms with Gasteiger partial charge in [-0.1, -0.05) is 97.8 Å². The molecule has 0 heterocycles. The lowest BCUT2D eigenvalue weighted by Crippen LogP contribution is -2.25. The first-order valence-corrected chi connectivity index (χ1v) is 9.83. The number of rotatable bonds is 15. The second-order valence-corrected chi connectivity index (χ2v) is 9.02. The highest BCUT2D eigenvalue weighted by atomic mass is 35.5. The summed E-state index contributed by atoms with van der Waals surface area (Å²) in [5, 5.41) is 17.5. The molecule has 142 valence electrons. The number of aliphatic carboxylic acids is 2. The molecule has 0 fully saturated rings. The quantitative estimate of drug-likeness (QED) is 0.243. The summed E-state index contributed by atoms with van der Waals surface area (Å²) in [6.07, 6.45) is 10.4. The third-order valence-electron chi connectivity index (χ3n) is 3.86. The molecule has 8 heteroatoms. The molecule has 0 aliphatic rings. The Morgan fingerprint density at radius 1 is 0.542 bits per heavy atom. The van der Waals surface area contributed by atoms with E-state index in [0.29, 0.717) is 12.8 Å². The number of carboxylic acid groups (broad SMARTS) is 2. The SMILES string of the molecule is O=C(O)C(Cl)(Cl)CCCCCCCCCCCCC(Cl)(Cl)C(=O)O. The number of carbonyl (C=O) groups is 2. The van der Waals surface area contributed by atoms with Crippen LogP contribution >= 0.6 is 46.4 Å². The molecular formula is C16H26Cl4O4. The molecule has 0 aliphatic heterocycles. The molecule has 0 atom stereocenters. The van der Waals surface area contributed by atoms with Gasteiger partial charge < -0.3 is 10.2 Å². The van der Waals surface area contributed by atoms with Gasteiger partial charge in [-0.25, -0.2) is 9.59 Å². The summed E-state index contributed by atoms with van der Waals surface area (Å²) in [5.41, 5.74) is 0. The van der Waals surface area contributed by atoms with E-state index in [4.69, 9.17) is 56.6 Å². The Balaban J connectivity index is 3.38. The van der Waals surface area contributed by atoms with E-state index < -0.39 is 20.6 Å². The molecule has 0 aromatic heterocycles. The zero-order valence-corrected chi connectivity index (χ0v) is 16.7. The van der Waals surface area contributed by atoms with Crippen LogP contribution < -0.4 is 0 Å². The average Bonchev–Trinajstić information content (AvgIpc) is 2.47. The Bertz CT molecular complexity index is 350. The van der Waals surface area contributed by atoms with Gasteiger partial charge in [-0.2, -0.15) is 0 Å². The molecule has 0 saturated carbocycles. The maximum absolute atomic E-state index is 10.7.